The van der Waals surface area contributed by atoms with E-state index in [2.05, 4.69) is 10.2 Å². The Kier molecular flexibility index (Phi) is 4.50. The van der Waals surface area contributed by atoms with Crippen molar-refractivity contribution in [2.45, 2.75) is 51.0 Å². The molecule has 1 aromatic heterocycles. The standard InChI is InChI=1S/C18H26N4O3/c23-10-2-8-22-15-7-9-21(11-12(15)5-6-16(22)24)18(25)17-13-3-1-4-14(13)19-20-17/h12,15,23H,1-11H2,(H,19,20). The predicted octanol–water partition coefficient (Wildman–Crippen LogP) is 0.734. The van der Waals surface area contributed by atoms with E-state index < -0.39 is 0 Å². The SMILES string of the molecule is O=C(c1n[nH]c2c1CCC2)N1CCC2C(CCC(=O)N2CCCO)C1. The Hall–Kier alpha value is -1.89. The minimum atomic E-state index is 0.0386. The Morgan fingerprint density at radius 3 is 3.00 bits per heavy atom. The summed E-state index contributed by atoms with van der Waals surface area (Å²) in [6, 6.07) is 0.210. The van der Waals surface area contributed by atoms with Crippen molar-refractivity contribution < 1.29 is 14.7 Å². The van der Waals surface area contributed by atoms with Crippen molar-refractivity contribution in [1.82, 2.24) is 20.0 Å². The zero-order valence-corrected chi connectivity index (χ0v) is 14.5. The summed E-state index contributed by atoms with van der Waals surface area (Å²) in [5, 5.41) is 16.4. The van der Waals surface area contributed by atoms with Crippen LogP contribution in [0, 0.1) is 5.92 Å². The van der Waals surface area contributed by atoms with Crippen molar-refractivity contribution in [3.8, 4) is 0 Å². The Balaban J connectivity index is 1.45. The van der Waals surface area contributed by atoms with Crippen LogP contribution in [0.2, 0.25) is 0 Å². The van der Waals surface area contributed by atoms with Crippen LogP contribution in [0.3, 0.4) is 0 Å². The van der Waals surface area contributed by atoms with Gasteiger partial charge in [0.05, 0.1) is 0 Å². The second-order valence-corrected chi connectivity index (χ2v) is 7.45. The fourth-order valence-electron chi connectivity index (χ4n) is 4.71. The Morgan fingerprint density at radius 1 is 1.28 bits per heavy atom. The van der Waals surface area contributed by atoms with Gasteiger partial charge >= 0.3 is 0 Å². The van der Waals surface area contributed by atoms with Crippen molar-refractivity contribution in [3.05, 3.63) is 17.0 Å². The molecule has 2 amide bonds. The minimum absolute atomic E-state index is 0.0386. The molecule has 0 radical (unpaired) electrons. The molecule has 2 aliphatic heterocycles. The number of nitrogens with zero attached hydrogens (tertiary/aromatic N) is 3. The summed E-state index contributed by atoms with van der Waals surface area (Å²) in [5.74, 6) is 0.567. The van der Waals surface area contributed by atoms with Gasteiger partial charge in [-0.3, -0.25) is 14.7 Å². The number of H-pyrrole nitrogens is 1. The number of piperidine rings is 2. The molecule has 2 unspecified atom stereocenters. The van der Waals surface area contributed by atoms with E-state index in [1.165, 1.54) is 0 Å². The lowest BCUT2D eigenvalue weighted by atomic mass is 9.83. The molecule has 2 saturated heterocycles. The molecular weight excluding hydrogens is 320 g/mol. The van der Waals surface area contributed by atoms with Gasteiger partial charge in [-0.1, -0.05) is 0 Å². The van der Waals surface area contributed by atoms with Crippen molar-refractivity contribution in [3.63, 3.8) is 0 Å². The number of nitrogens with one attached hydrogen (secondary N) is 1. The van der Waals surface area contributed by atoms with E-state index in [1.54, 1.807) is 0 Å². The van der Waals surface area contributed by atoms with E-state index in [4.69, 9.17) is 5.11 Å². The third-order valence-electron chi connectivity index (χ3n) is 6.00. The van der Waals surface area contributed by atoms with Crippen LogP contribution in [0.25, 0.3) is 0 Å². The van der Waals surface area contributed by atoms with Gasteiger partial charge in [0.15, 0.2) is 5.69 Å². The van der Waals surface area contributed by atoms with E-state index in [-0.39, 0.29) is 24.5 Å². The van der Waals surface area contributed by atoms with Crippen LogP contribution in [0.4, 0.5) is 0 Å². The van der Waals surface area contributed by atoms with Crippen molar-refractivity contribution in [2.24, 2.45) is 5.92 Å². The summed E-state index contributed by atoms with van der Waals surface area (Å²) >= 11 is 0. The minimum Gasteiger partial charge on any atom is -0.396 e. The molecule has 0 bridgehead atoms. The summed E-state index contributed by atoms with van der Waals surface area (Å²) in [6.45, 7) is 2.10. The van der Waals surface area contributed by atoms with Crippen LogP contribution >= 0.6 is 0 Å². The number of carbonyl (C=O) groups is 2. The molecule has 1 aliphatic carbocycles. The highest BCUT2D eigenvalue weighted by atomic mass is 16.3. The molecular formula is C18H26N4O3. The number of likely N-dealkylation sites (tertiary alicyclic amines) is 2. The van der Waals surface area contributed by atoms with E-state index in [9.17, 15) is 9.59 Å². The number of aliphatic hydroxyl groups is 1. The largest absolute Gasteiger partial charge is 0.396 e. The second-order valence-electron chi connectivity index (χ2n) is 7.45. The second kappa shape index (κ2) is 6.78. The lowest BCUT2D eigenvalue weighted by Crippen LogP contribution is -2.57. The summed E-state index contributed by atoms with van der Waals surface area (Å²) in [5.41, 5.74) is 2.84. The van der Waals surface area contributed by atoms with E-state index >= 15 is 0 Å². The number of hydrogen-bond acceptors (Lipinski definition) is 4. The molecule has 7 heteroatoms. The molecule has 2 atom stereocenters. The van der Waals surface area contributed by atoms with Gasteiger partial charge in [0, 0.05) is 50.0 Å². The van der Waals surface area contributed by atoms with Crippen LogP contribution in [-0.2, 0) is 17.6 Å². The molecule has 25 heavy (non-hydrogen) atoms. The van der Waals surface area contributed by atoms with E-state index in [1.807, 2.05) is 9.80 Å². The van der Waals surface area contributed by atoms with Gasteiger partial charge in [0.2, 0.25) is 5.91 Å². The van der Waals surface area contributed by atoms with Crippen LogP contribution in [0.5, 0.6) is 0 Å². The van der Waals surface area contributed by atoms with Crippen molar-refractivity contribution >= 4 is 11.8 Å². The third kappa shape index (κ3) is 2.94. The topological polar surface area (TPSA) is 89.5 Å². The average molecular weight is 346 g/mol. The maximum absolute atomic E-state index is 12.9. The van der Waals surface area contributed by atoms with Crippen molar-refractivity contribution in [1.29, 1.82) is 0 Å². The van der Waals surface area contributed by atoms with Crippen LogP contribution in [0.1, 0.15) is 53.8 Å². The Labute approximate surface area is 147 Å². The van der Waals surface area contributed by atoms with Gasteiger partial charge in [-0.25, -0.2) is 0 Å². The lowest BCUT2D eigenvalue weighted by Gasteiger charge is -2.47. The van der Waals surface area contributed by atoms with Gasteiger partial charge in [-0.15, -0.1) is 0 Å². The maximum atomic E-state index is 12.9. The highest BCUT2D eigenvalue weighted by Crippen LogP contribution is 2.32. The van der Waals surface area contributed by atoms with Crippen LogP contribution in [0.15, 0.2) is 0 Å². The number of aryl methyl sites for hydroxylation is 1. The zero-order valence-electron chi connectivity index (χ0n) is 14.5. The van der Waals surface area contributed by atoms with Gasteiger partial charge in [0.25, 0.3) is 5.91 Å². The van der Waals surface area contributed by atoms with E-state index in [0.29, 0.717) is 44.1 Å². The number of carbonyl (C=O) groups excluding carboxylic acids is 2. The van der Waals surface area contributed by atoms with Crippen LogP contribution < -0.4 is 0 Å². The van der Waals surface area contributed by atoms with Crippen LogP contribution in [-0.4, -0.2) is 69.2 Å². The quantitative estimate of drug-likeness (QED) is 0.841. The summed E-state index contributed by atoms with van der Waals surface area (Å²) in [6.07, 6.45) is 5.86. The summed E-state index contributed by atoms with van der Waals surface area (Å²) < 4.78 is 0. The van der Waals surface area contributed by atoms with Gasteiger partial charge < -0.3 is 14.9 Å². The monoisotopic (exact) mass is 346 g/mol. The lowest BCUT2D eigenvalue weighted by molar-refractivity contribution is -0.140. The first-order chi connectivity index (χ1) is 12.2. The number of fused-ring (bicyclic) bond motifs is 2. The average Bonchev–Trinajstić information content (AvgIpc) is 3.23. The molecule has 3 heterocycles. The predicted molar refractivity (Wildman–Crippen MR) is 91.1 cm³/mol. The van der Waals surface area contributed by atoms with Crippen molar-refractivity contribution in [2.75, 3.05) is 26.2 Å². The fourth-order valence-corrected chi connectivity index (χ4v) is 4.71. The zero-order chi connectivity index (χ0) is 17.4. The maximum Gasteiger partial charge on any atom is 0.274 e. The number of aromatic amines is 1. The molecule has 136 valence electrons. The summed E-state index contributed by atoms with van der Waals surface area (Å²) in [4.78, 5) is 29.0. The molecule has 2 N–H and O–H groups in total. The first-order valence-corrected chi connectivity index (χ1v) is 9.44. The Bertz CT molecular complexity index is 671. The highest BCUT2D eigenvalue weighted by molar-refractivity contribution is 5.94. The first kappa shape index (κ1) is 16.6. The molecule has 0 spiro atoms. The van der Waals surface area contributed by atoms with E-state index in [0.717, 1.165) is 43.4 Å². The molecule has 7 nitrogen and oxygen atoms in total. The number of aliphatic hydroxyl groups excluding tert-OH is 1. The fraction of sp³-hybridized carbons (Fsp3) is 0.722. The molecule has 0 saturated carbocycles. The van der Waals surface area contributed by atoms with Gasteiger partial charge in [-0.05, 0) is 44.4 Å². The number of rotatable bonds is 4. The molecule has 3 aliphatic rings. The molecule has 2 fully saturated rings. The Morgan fingerprint density at radius 2 is 2.16 bits per heavy atom. The molecule has 1 aromatic rings. The highest BCUT2D eigenvalue weighted by Gasteiger charge is 2.40. The number of hydrogen-bond donors (Lipinski definition) is 2. The number of aromatic nitrogens is 2. The molecule has 4 rings (SSSR count). The third-order valence-corrected chi connectivity index (χ3v) is 6.00. The first-order valence-electron chi connectivity index (χ1n) is 9.44. The number of amides is 2. The smallest absolute Gasteiger partial charge is 0.274 e. The normalized spacial score (nSPS) is 25.9. The summed E-state index contributed by atoms with van der Waals surface area (Å²) in [7, 11) is 0. The molecule has 0 aromatic carbocycles. The van der Waals surface area contributed by atoms with Gasteiger partial charge in [0.1, 0.15) is 0 Å². The van der Waals surface area contributed by atoms with Gasteiger partial charge in [-0.2, -0.15) is 5.10 Å².